The number of amides is 1. The van der Waals surface area contributed by atoms with Crippen molar-refractivity contribution in [3.63, 3.8) is 0 Å². The lowest BCUT2D eigenvalue weighted by atomic mass is 10.0. The van der Waals surface area contributed by atoms with E-state index in [2.05, 4.69) is 5.32 Å². The Labute approximate surface area is 161 Å². The molecular weight excluding hydrogens is 360 g/mol. The molecule has 1 fully saturated rings. The second-order valence-corrected chi connectivity index (χ2v) is 8.99. The number of nitrogens with zero attached hydrogens (tertiary/aromatic N) is 1. The van der Waals surface area contributed by atoms with Crippen molar-refractivity contribution in [2.45, 2.75) is 44.4 Å². The van der Waals surface area contributed by atoms with Gasteiger partial charge in [-0.1, -0.05) is 31.0 Å². The number of nitrogens with one attached hydrogen (secondary N) is 1. The molecule has 2 aromatic rings. The number of hydrogen-bond acceptors (Lipinski definition) is 3. The summed E-state index contributed by atoms with van der Waals surface area (Å²) < 4.78 is 27.5. The van der Waals surface area contributed by atoms with Gasteiger partial charge < -0.3 is 5.32 Å². The molecule has 3 rings (SSSR count). The molecule has 1 saturated heterocycles. The Hall–Kier alpha value is -2.18. The Bertz CT molecular complexity index is 930. The van der Waals surface area contributed by atoms with Gasteiger partial charge in [0.15, 0.2) is 0 Å². The van der Waals surface area contributed by atoms with E-state index in [-0.39, 0.29) is 10.8 Å². The number of hydrogen-bond donors (Lipinski definition) is 1. The van der Waals surface area contributed by atoms with Crippen LogP contribution in [0, 0.1) is 13.8 Å². The van der Waals surface area contributed by atoms with Gasteiger partial charge in [0.25, 0.3) is 5.91 Å². The summed E-state index contributed by atoms with van der Waals surface area (Å²) in [6.07, 6.45) is 3.92. The fourth-order valence-electron chi connectivity index (χ4n) is 3.36. The lowest BCUT2D eigenvalue weighted by molar-refractivity contribution is 0.102. The van der Waals surface area contributed by atoms with E-state index in [0.29, 0.717) is 24.3 Å². The quantitative estimate of drug-likeness (QED) is 0.859. The van der Waals surface area contributed by atoms with Gasteiger partial charge in [-0.2, -0.15) is 4.31 Å². The van der Waals surface area contributed by atoms with Gasteiger partial charge in [0.2, 0.25) is 10.0 Å². The normalized spacial score (nSPS) is 15.9. The Morgan fingerprint density at radius 1 is 0.963 bits per heavy atom. The summed E-state index contributed by atoms with van der Waals surface area (Å²) in [6.45, 7) is 4.98. The molecule has 0 spiro atoms. The first-order valence-corrected chi connectivity index (χ1v) is 10.8. The second-order valence-electron chi connectivity index (χ2n) is 7.05. The highest BCUT2D eigenvalue weighted by molar-refractivity contribution is 7.89. The zero-order chi connectivity index (χ0) is 19.4. The van der Waals surface area contributed by atoms with Gasteiger partial charge in [-0.3, -0.25) is 4.79 Å². The molecule has 1 heterocycles. The first kappa shape index (κ1) is 19.6. The predicted octanol–water partition coefficient (Wildman–Crippen LogP) is 4.12. The van der Waals surface area contributed by atoms with Crippen LogP contribution in [0.2, 0.25) is 0 Å². The number of rotatable bonds is 4. The minimum atomic E-state index is -3.54. The highest BCUT2D eigenvalue weighted by Gasteiger charge is 2.25. The Balaban J connectivity index is 1.83. The van der Waals surface area contributed by atoms with E-state index in [0.717, 1.165) is 36.8 Å². The largest absolute Gasteiger partial charge is 0.322 e. The average molecular weight is 387 g/mol. The van der Waals surface area contributed by atoms with Crippen molar-refractivity contribution in [1.82, 2.24) is 4.31 Å². The number of benzene rings is 2. The van der Waals surface area contributed by atoms with E-state index in [9.17, 15) is 13.2 Å². The van der Waals surface area contributed by atoms with Gasteiger partial charge in [-0.25, -0.2) is 8.42 Å². The SMILES string of the molecule is Cc1cccc(C(=O)Nc2cccc(S(=O)(=O)N3CCCCCC3)c2)c1C. The molecule has 1 N–H and O–H groups in total. The third-order valence-corrected chi connectivity index (χ3v) is 7.04. The van der Waals surface area contributed by atoms with E-state index >= 15 is 0 Å². The lowest BCUT2D eigenvalue weighted by Crippen LogP contribution is -2.32. The van der Waals surface area contributed by atoms with Crippen LogP contribution in [0.3, 0.4) is 0 Å². The molecule has 5 nitrogen and oxygen atoms in total. The van der Waals surface area contributed by atoms with Crippen LogP contribution in [0.15, 0.2) is 47.4 Å². The molecule has 0 radical (unpaired) electrons. The summed E-state index contributed by atoms with van der Waals surface area (Å²) in [5, 5.41) is 2.83. The number of anilines is 1. The molecule has 6 heteroatoms. The molecule has 144 valence electrons. The summed E-state index contributed by atoms with van der Waals surface area (Å²) in [5.74, 6) is -0.236. The van der Waals surface area contributed by atoms with Crippen molar-refractivity contribution in [1.29, 1.82) is 0 Å². The fourth-order valence-corrected chi connectivity index (χ4v) is 4.92. The molecule has 27 heavy (non-hydrogen) atoms. The van der Waals surface area contributed by atoms with Crippen molar-refractivity contribution >= 4 is 21.6 Å². The van der Waals surface area contributed by atoms with Crippen LogP contribution < -0.4 is 5.32 Å². The molecular formula is C21H26N2O3S. The van der Waals surface area contributed by atoms with Crippen molar-refractivity contribution in [3.05, 3.63) is 59.2 Å². The topological polar surface area (TPSA) is 66.5 Å². The first-order valence-electron chi connectivity index (χ1n) is 9.37. The van der Waals surface area contributed by atoms with Gasteiger partial charge in [0.1, 0.15) is 0 Å². The predicted molar refractivity (Wildman–Crippen MR) is 108 cm³/mol. The van der Waals surface area contributed by atoms with Crippen molar-refractivity contribution < 1.29 is 13.2 Å². The van der Waals surface area contributed by atoms with E-state index < -0.39 is 10.0 Å². The number of carbonyl (C=O) groups excluding carboxylic acids is 1. The number of sulfonamides is 1. The molecule has 0 aromatic heterocycles. The van der Waals surface area contributed by atoms with Gasteiger partial charge in [0, 0.05) is 24.3 Å². The van der Waals surface area contributed by atoms with Crippen LogP contribution >= 0.6 is 0 Å². The summed E-state index contributed by atoms with van der Waals surface area (Å²) in [6, 6.07) is 12.1. The Morgan fingerprint density at radius 2 is 1.63 bits per heavy atom. The maximum absolute atomic E-state index is 13.0. The Morgan fingerprint density at radius 3 is 2.33 bits per heavy atom. The maximum Gasteiger partial charge on any atom is 0.255 e. The third kappa shape index (κ3) is 4.39. The van der Waals surface area contributed by atoms with E-state index in [1.165, 1.54) is 0 Å². The summed E-state index contributed by atoms with van der Waals surface area (Å²) >= 11 is 0. The van der Waals surface area contributed by atoms with Gasteiger partial charge >= 0.3 is 0 Å². The number of aryl methyl sites for hydroxylation is 1. The van der Waals surface area contributed by atoms with Gasteiger partial charge in [-0.15, -0.1) is 0 Å². The van der Waals surface area contributed by atoms with E-state index in [1.54, 1.807) is 34.6 Å². The highest BCUT2D eigenvalue weighted by atomic mass is 32.2. The number of carbonyl (C=O) groups is 1. The van der Waals surface area contributed by atoms with Crippen LogP contribution in [0.5, 0.6) is 0 Å². The summed E-state index contributed by atoms with van der Waals surface area (Å²) in [7, 11) is -3.54. The molecule has 2 aromatic carbocycles. The van der Waals surface area contributed by atoms with Crippen LogP contribution in [0.25, 0.3) is 0 Å². The molecule has 1 aliphatic heterocycles. The van der Waals surface area contributed by atoms with Crippen molar-refractivity contribution in [2.75, 3.05) is 18.4 Å². The molecule has 0 atom stereocenters. The average Bonchev–Trinajstić information content (AvgIpc) is 2.94. The molecule has 0 unspecified atom stereocenters. The lowest BCUT2D eigenvalue weighted by Gasteiger charge is -2.20. The zero-order valence-corrected chi connectivity index (χ0v) is 16.7. The third-order valence-electron chi connectivity index (χ3n) is 5.14. The molecule has 0 bridgehead atoms. The van der Waals surface area contributed by atoms with Crippen molar-refractivity contribution in [3.8, 4) is 0 Å². The van der Waals surface area contributed by atoms with Crippen molar-refractivity contribution in [2.24, 2.45) is 0 Å². The molecule has 0 saturated carbocycles. The van der Waals surface area contributed by atoms with Crippen LogP contribution in [-0.2, 0) is 10.0 Å². The zero-order valence-electron chi connectivity index (χ0n) is 15.9. The maximum atomic E-state index is 13.0. The molecule has 0 aliphatic carbocycles. The van der Waals surface area contributed by atoms with E-state index in [1.807, 2.05) is 26.0 Å². The standard InChI is InChI=1S/C21H26N2O3S/c1-16-9-7-12-20(17(16)2)21(24)22-18-10-8-11-19(15-18)27(25,26)23-13-5-3-4-6-14-23/h7-12,15H,3-6,13-14H2,1-2H3,(H,22,24). The van der Waals surface area contributed by atoms with E-state index in [4.69, 9.17) is 0 Å². The molecule has 1 amide bonds. The molecule has 1 aliphatic rings. The van der Waals surface area contributed by atoms with Crippen LogP contribution in [0.1, 0.15) is 47.2 Å². The van der Waals surface area contributed by atoms with Gasteiger partial charge in [0.05, 0.1) is 4.90 Å². The fraction of sp³-hybridized carbons (Fsp3) is 0.381. The monoisotopic (exact) mass is 386 g/mol. The minimum Gasteiger partial charge on any atom is -0.322 e. The smallest absolute Gasteiger partial charge is 0.255 e. The Kier molecular flexibility index (Phi) is 5.97. The first-order chi connectivity index (χ1) is 12.9. The minimum absolute atomic E-state index is 0.225. The summed E-state index contributed by atoms with van der Waals surface area (Å²) in [5.41, 5.74) is 3.04. The highest BCUT2D eigenvalue weighted by Crippen LogP contribution is 2.23. The second kappa shape index (κ2) is 8.23. The summed E-state index contributed by atoms with van der Waals surface area (Å²) in [4.78, 5) is 12.8. The van der Waals surface area contributed by atoms with Gasteiger partial charge in [-0.05, 0) is 62.1 Å². The van der Waals surface area contributed by atoms with Crippen LogP contribution in [0.4, 0.5) is 5.69 Å². The van der Waals surface area contributed by atoms with Crippen LogP contribution in [-0.4, -0.2) is 31.7 Å².